The predicted octanol–water partition coefficient (Wildman–Crippen LogP) is 8.84. The molecule has 0 aliphatic carbocycles. The zero-order valence-electron chi connectivity index (χ0n) is 26.0. The summed E-state index contributed by atoms with van der Waals surface area (Å²) in [6.07, 6.45) is 1.89. The van der Waals surface area contributed by atoms with Crippen LogP contribution in [-0.2, 0) is 33.2 Å². The van der Waals surface area contributed by atoms with Gasteiger partial charge in [-0.05, 0) is 78.7 Å². The minimum Gasteiger partial charge on any atom is -0.481 e. The summed E-state index contributed by atoms with van der Waals surface area (Å²) >= 11 is 1.77. The molecule has 0 radical (unpaired) electrons. The first kappa shape index (κ1) is 34.0. The second-order valence-electron chi connectivity index (χ2n) is 11.2. The van der Waals surface area contributed by atoms with Gasteiger partial charge in [0.2, 0.25) is 0 Å². The van der Waals surface area contributed by atoms with Crippen LogP contribution in [0.1, 0.15) is 37.0 Å². The Labute approximate surface area is 267 Å². The Bertz CT molecular complexity index is 1340. The molecule has 234 valence electrons. The smallest absolute Gasteiger partial charge is 0.368 e. The maximum Gasteiger partial charge on any atom is 0.368 e. The third-order valence-electron chi connectivity index (χ3n) is 7.02. The van der Waals surface area contributed by atoms with E-state index in [-0.39, 0.29) is 19.6 Å². The van der Waals surface area contributed by atoms with Gasteiger partial charge in [0.1, 0.15) is 5.75 Å². The standard InChI is InChI=1S/C36H45N2O4PS/c1-30(2)26-38(24-23-34(37-3)25-31-13-7-4-8-14-31)44-36-21-19-35(20-22-36)40-29-43(39,41-27-32-15-9-5-10-16-32)42-28-33-17-11-6-12-18-33/h4-22,30,34,37H,23-29H2,1-3H3/t34-/m1/s1. The van der Waals surface area contributed by atoms with E-state index < -0.39 is 7.60 Å². The van der Waals surface area contributed by atoms with Crippen molar-refractivity contribution >= 4 is 19.5 Å². The predicted molar refractivity (Wildman–Crippen MR) is 182 cm³/mol. The van der Waals surface area contributed by atoms with Crippen molar-refractivity contribution in [2.45, 2.75) is 50.8 Å². The summed E-state index contributed by atoms with van der Waals surface area (Å²) < 4.78 is 33.9. The molecule has 0 bridgehead atoms. The molecule has 1 N–H and O–H groups in total. The lowest BCUT2D eigenvalue weighted by Gasteiger charge is -2.26. The van der Waals surface area contributed by atoms with E-state index in [0.29, 0.717) is 17.7 Å². The normalized spacial score (nSPS) is 12.5. The van der Waals surface area contributed by atoms with Crippen molar-refractivity contribution in [2.75, 3.05) is 26.5 Å². The highest BCUT2D eigenvalue weighted by molar-refractivity contribution is 7.97. The maximum atomic E-state index is 13.7. The highest BCUT2D eigenvalue weighted by Gasteiger charge is 2.27. The van der Waals surface area contributed by atoms with Crippen molar-refractivity contribution in [3.63, 3.8) is 0 Å². The maximum absolute atomic E-state index is 13.7. The number of nitrogens with zero attached hydrogens (tertiary/aromatic N) is 1. The highest BCUT2D eigenvalue weighted by Crippen LogP contribution is 2.49. The molecule has 0 spiro atoms. The molecule has 0 saturated carbocycles. The Morgan fingerprint density at radius 2 is 1.27 bits per heavy atom. The second-order valence-corrected chi connectivity index (χ2v) is 14.4. The van der Waals surface area contributed by atoms with Gasteiger partial charge in [-0.15, -0.1) is 0 Å². The van der Waals surface area contributed by atoms with Gasteiger partial charge in [-0.25, -0.2) is 4.31 Å². The third-order valence-corrected chi connectivity index (χ3v) is 9.58. The van der Waals surface area contributed by atoms with Gasteiger partial charge >= 0.3 is 7.60 Å². The van der Waals surface area contributed by atoms with Crippen LogP contribution in [0.25, 0.3) is 0 Å². The van der Waals surface area contributed by atoms with E-state index in [1.807, 2.05) is 92.0 Å². The number of hydrogen-bond acceptors (Lipinski definition) is 7. The molecule has 4 rings (SSSR count). The molecule has 4 aromatic rings. The Kier molecular flexibility index (Phi) is 14.0. The molecule has 0 unspecified atom stereocenters. The van der Waals surface area contributed by atoms with E-state index in [0.717, 1.165) is 42.0 Å². The lowest BCUT2D eigenvalue weighted by molar-refractivity contribution is 0.172. The van der Waals surface area contributed by atoms with Crippen LogP contribution in [0.5, 0.6) is 5.75 Å². The minimum atomic E-state index is -3.55. The van der Waals surface area contributed by atoms with E-state index in [4.69, 9.17) is 13.8 Å². The largest absolute Gasteiger partial charge is 0.481 e. The fraction of sp³-hybridized carbons (Fsp3) is 0.333. The zero-order valence-corrected chi connectivity index (χ0v) is 27.7. The molecular formula is C36H45N2O4PS. The molecular weight excluding hydrogens is 587 g/mol. The first-order chi connectivity index (χ1) is 21.4. The summed E-state index contributed by atoms with van der Waals surface area (Å²) in [6, 6.07) is 38.3. The van der Waals surface area contributed by atoms with Crippen LogP contribution in [0.3, 0.4) is 0 Å². The number of ether oxygens (including phenoxy) is 1. The average Bonchev–Trinajstić information content (AvgIpc) is 3.05. The number of likely N-dealkylation sites (N-methyl/N-ethyl adjacent to an activating group) is 1. The van der Waals surface area contributed by atoms with Crippen molar-refractivity contribution in [3.05, 3.63) is 132 Å². The molecule has 44 heavy (non-hydrogen) atoms. The highest BCUT2D eigenvalue weighted by atomic mass is 32.2. The molecule has 0 amide bonds. The fourth-order valence-electron chi connectivity index (χ4n) is 4.63. The van der Waals surface area contributed by atoms with Gasteiger partial charge in [-0.2, -0.15) is 0 Å². The number of benzene rings is 4. The van der Waals surface area contributed by atoms with Gasteiger partial charge in [0, 0.05) is 24.0 Å². The minimum absolute atomic E-state index is 0.175. The lowest BCUT2D eigenvalue weighted by Crippen LogP contribution is -2.32. The van der Waals surface area contributed by atoms with Crippen LogP contribution in [0, 0.1) is 5.92 Å². The molecule has 0 fully saturated rings. The SMILES string of the molecule is CN[C@H](CCN(CC(C)C)Sc1ccc(OCP(=O)(OCc2ccccc2)OCc2ccccc2)cc1)Cc1ccccc1. The first-order valence-electron chi connectivity index (χ1n) is 15.2. The fourth-order valence-corrected chi connectivity index (χ4v) is 6.98. The zero-order chi connectivity index (χ0) is 31.0. The van der Waals surface area contributed by atoms with E-state index >= 15 is 0 Å². The molecule has 8 heteroatoms. The summed E-state index contributed by atoms with van der Waals surface area (Å²) in [5.41, 5.74) is 3.19. The van der Waals surface area contributed by atoms with Crippen LogP contribution >= 0.6 is 19.5 Å². The summed E-state index contributed by atoms with van der Waals surface area (Å²) in [4.78, 5) is 1.13. The summed E-state index contributed by atoms with van der Waals surface area (Å²) in [6.45, 7) is 6.82. The number of rotatable bonds is 19. The summed E-state index contributed by atoms with van der Waals surface area (Å²) in [7, 11) is -1.51. The van der Waals surface area contributed by atoms with E-state index in [2.05, 4.69) is 53.8 Å². The Hall–Kier alpha value is -2.90. The topological polar surface area (TPSA) is 60.0 Å². The Morgan fingerprint density at radius 3 is 1.77 bits per heavy atom. The van der Waals surface area contributed by atoms with Gasteiger partial charge in [-0.1, -0.05) is 105 Å². The molecule has 0 aromatic heterocycles. The molecule has 6 nitrogen and oxygen atoms in total. The Morgan fingerprint density at radius 1 is 0.750 bits per heavy atom. The van der Waals surface area contributed by atoms with Crippen LogP contribution < -0.4 is 10.1 Å². The van der Waals surface area contributed by atoms with Crippen molar-refractivity contribution in [3.8, 4) is 5.75 Å². The second kappa shape index (κ2) is 18.2. The first-order valence-corrected chi connectivity index (χ1v) is 17.7. The summed E-state index contributed by atoms with van der Waals surface area (Å²) in [5.74, 6) is 1.17. The van der Waals surface area contributed by atoms with Crippen LogP contribution in [0.2, 0.25) is 0 Å². The van der Waals surface area contributed by atoms with Crippen LogP contribution in [0.4, 0.5) is 0 Å². The van der Waals surface area contributed by atoms with E-state index in [1.165, 1.54) is 5.56 Å². The monoisotopic (exact) mass is 632 g/mol. The molecule has 1 atom stereocenters. The third kappa shape index (κ3) is 12.2. The number of hydrogen-bond donors (Lipinski definition) is 1. The van der Waals surface area contributed by atoms with Crippen molar-refractivity contribution in [1.29, 1.82) is 0 Å². The summed E-state index contributed by atoms with van der Waals surface area (Å²) in [5, 5.41) is 3.50. The van der Waals surface area contributed by atoms with Crippen molar-refractivity contribution in [2.24, 2.45) is 5.92 Å². The van der Waals surface area contributed by atoms with Gasteiger partial charge in [-0.3, -0.25) is 4.57 Å². The quantitative estimate of drug-likeness (QED) is 0.0819. The van der Waals surface area contributed by atoms with Crippen LogP contribution in [0.15, 0.2) is 120 Å². The van der Waals surface area contributed by atoms with Gasteiger partial charge in [0.05, 0.1) is 13.2 Å². The van der Waals surface area contributed by atoms with E-state index in [1.54, 1.807) is 11.9 Å². The van der Waals surface area contributed by atoms with Gasteiger partial charge in [0.15, 0.2) is 6.35 Å². The molecule has 0 saturated heterocycles. The lowest BCUT2D eigenvalue weighted by atomic mass is 10.0. The molecule has 0 aliphatic rings. The van der Waals surface area contributed by atoms with Gasteiger partial charge < -0.3 is 19.1 Å². The van der Waals surface area contributed by atoms with Crippen LogP contribution in [-0.4, -0.2) is 36.8 Å². The molecule has 4 aromatic carbocycles. The number of nitrogens with one attached hydrogen (secondary N) is 1. The average molecular weight is 633 g/mol. The molecule has 0 aliphatic heterocycles. The van der Waals surface area contributed by atoms with E-state index in [9.17, 15) is 4.57 Å². The molecule has 0 heterocycles. The van der Waals surface area contributed by atoms with Gasteiger partial charge in [0.25, 0.3) is 0 Å². The van der Waals surface area contributed by atoms with Crippen molar-refractivity contribution < 1.29 is 18.3 Å². The van der Waals surface area contributed by atoms with Crippen molar-refractivity contribution in [1.82, 2.24) is 9.62 Å². The Balaban J connectivity index is 1.33.